The lowest BCUT2D eigenvalue weighted by Gasteiger charge is -2.00. The number of fused-ring (bicyclic) bond motifs is 1. The number of para-hydroxylation sites is 1. The quantitative estimate of drug-likeness (QED) is 0.520. The van der Waals surface area contributed by atoms with Gasteiger partial charge in [0.05, 0.1) is 10.5 Å². The number of carbonyl (C=O) groups excluding carboxylic acids is 1. The van der Waals surface area contributed by atoms with Gasteiger partial charge < -0.3 is 9.84 Å². The first-order chi connectivity index (χ1) is 10.1. The van der Waals surface area contributed by atoms with Crippen LogP contribution in [0, 0.1) is 10.1 Å². The highest BCUT2D eigenvalue weighted by Crippen LogP contribution is 2.32. The van der Waals surface area contributed by atoms with Gasteiger partial charge in [0.15, 0.2) is 11.5 Å². The van der Waals surface area contributed by atoms with Gasteiger partial charge in [-0.25, -0.2) is 0 Å². The zero-order valence-electron chi connectivity index (χ0n) is 10.6. The van der Waals surface area contributed by atoms with Crippen molar-refractivity contribution in [3.05, 3.63) is 69.5 Å². The Morgan fingerprint density at radius 2 is 1.95 bits per heavy atom. The summed E-state index contributed by atoms with van der Waals surface area (Å²) in [5.41, 5.74) is 0.431. The molecule has 1 N–H and O–H groups in total. The normalized spacial score (nSPS) is 14.9. The van der Waals surface area contributed by atoms with Crippen molar-refractivity contribution in [2.45, 2.75) is 0 Å². The number of ketones is 1. The molecule has 0 saturated carbocycles. The number of ether oxygens (including phenoxy) is 1. The zero-order chi connectivity index (χ0) is 15.0. The Hall–Kier alpha value is -3.15. The number of phenols is 1. The second-order valence-electron chi connectivity index (χ2n) is 4.44. The number of hydrogen-bond donors (Lipinski definition) is 1. The Labute approximate surface area is 119 Å². The molecule has 0 radical (unpaired) electrons. The van der Waals surface area contributed by atoms with E-state index in [2.05, 4.69) is 0 Å². The van der Waals surface area contributed by atoms with Crippen LogP contribution in [0.25, 0.3) is 6.08 Å². The number of phenolic OH excluding ortho intramolecular Hbond substituents is 1. The van der Waals surface area contributed by atoms with Gasteiger partial charge in [-0.05, 0) is 29.8 Å². The molecule has 1 heterocycles. The Bertz CT molecular complexity index is 794. The van der Waals surface area contributed by atoms with Gasteiger partial charge in [0.2, 0.25) is 5.78 Å². The van der Waals surface area contributed by atoms with Gasteiger partial charge in [-0.2, -0.15) is 0 Å². The molecule has 0 spiro atoms. The second kappa shape index (κ2) is 4.75. The fourth-order valence-electron chi connectivity index (χ4n) is 2.06. The molecule has 0 fully saturated rings. The van der Waals surface area contributed by atoms with E-state index >= 15 is 0 Å². The van der Waals surface area contributed by atoms with Crippen LogP contribution >= 0.6 is 0 Å². The Morgan fingerprint density at radius 1 is 1.19 bits per heavy atom. The van der Waals surface area contributed by atoms with Crippen LogP contribution in [0.3, 0.4) is 0 Å². The fourth-order valence-corrected chi connectivity index (χ4v) is 2.06. The molecule has 104 valence electrons. The van der Waals surface area contributed by atoms with Crippen LogP contribution in [-0.2, 0) is 0 Å². The van der Waals surface area contributed by atoms with Gasteiger partial charge in [0.25, 0.3) is 0 Å². The highest BCUT2D eigenvalue weighted by Gasteiger charge is 2.26. The average Bonchev–Trinajstić information content (AvgIpc) is 2.78. The lowest BCUT2D eigenvalue weighted by atomic mass is 10.1. The summed E-state index contributed by atoms with van der Waals surface area (Å²) in [4.78, 5) is 22.2. The molecule has 0 saturated heterocycles. The molecule has 0 aliphatic carbocycles. The predicted molar refractivity (Wildman–Crippen MR) is 74.1 cm³/mol. The average molecular weight is 283 g/mol. The number of benzene rings is 2. The number of Topliss-reactive ketones (excluding diaryl/α,β-unsaturated/α-hetero) is 1. The number of allylic oxidation sites excluding steroid dienone is 1. The molecule has 2 aromatic carbocycles. The minimum Gasteiger partial charge on any atom is -0.502 e. The largest absolute Gasteiger partial charge is 0.502 e. The van der Waals surface area contributed by atoms with E-state index in [0.29, 0.717) is 16.9 Å². The van der Waals surface area contributed by atoms with Gasteiger partial charge in [-0.3, -0.25) is 14.9 Å². The van der Waals surface area contributed by atoms with Gasteiger partial charge in [0.1, 0.15) is 5.75 Å². The van der Waals surface area contributed by atoms with Crippen LogP contribution in [0.1, 0.15) is 15.9 Å². The van der Waals surface area contributed by atoms with Gasteiger partial charge >= 0.3 is 5.69 Å². The lowest BCUT2D eigenvalue weighted by molar-refractivity contribution is -0.385. The molecular weight excluding hydrogens is 274 g/mol. The fraction of sp³-hybridized carbons (Fsp3) is 0. The number of nitrogens with zero attached hydrogens (tertiary/aromatic N) is 1. The zero-order valence-corrected chi connectivity index (χ0v) is 10.6. The second-order valence-corrected chi connectivity index (χ2v) is 4.44. The van der Waals surface area contributed by atoms with Gasteiger partial charge in [-0.15, -0.1) is 0 Å². The summed E-state index contributed by atoms with van der Waals surface area (Å²) in [6, 6.07) is 10.7. The molecule has 21 heavy (non-hydrogen) atoms. The Balaban J connectivity index is 2.00. The van der Waals surface area contributed by atoms with Crippen molar-refractivity contribution in [1.29, 1.82) is 0 Å². The number of rotatable bonds is 2. The first-order valence-corrected chi connectivity index (χ1v) is 6.07. The van der Waals surface area contributed by atoms with Crippen LogP contribution in [0.5, 0.6) is 11.5 Å². The van der Waals surface area contributed by atoms with Crippen LogP contribution < -0.4 is 4.74 Å². The maximum atomic E-state index is 12.1. The van der Waals surface area contributed by atoms with Gasteiger partial charge in [-0.1, -0.05) is 18.2 Å². The molecule has 0 aromatic heterocycles. The molecule has 3 rings (SSSR count). The highest BCUT2D eigenvalue weighted by molar-refractivity contribution is 6.14. The number of nitro benzene ring substituents is 1. The molecule has 1 aliphatic rings. The standard InChI is InChI=1S/C15H9NO5/c17-12-6-5-9(7-11(12)16(19)20)8-14-15(18)10-3-1-2-4-13(10)21-14/h1-8,17H/b14-8-. The third-order valence-corrected chi connectivity index (χ3v) is 3.07. The van der Waals surface area contributed by atoms with Crippen molar-refractivity contribution in [3.63, 3.8) is 0 Å². The highest BCUT2D eigenvalue weighted by atomic mass is 16.6. The molecule has 0 atom stereocenters. The third-order valence-electron chi connectivity index (χ3n) is 3.07. The number of nitro groups is 1. The van der Waals surface area contributed by atoms with E-state index in [1.54, 1.807) is 24.3 Å². The van der Waals surface area contributed by atoms with Crippen molar-refractivity contribution >= 4 is 17.5 Å². The number of carbonyl (C=O) groups is 1. The molecule has 1 aliphatic heterocycles. The summed E-state index contributed by atoms with van der Waals surface area (Å²) in [5, 5.41) is 20.2. The van der Waals surface area contributed by atoms with E-state index in [1.807, 2.05) is 0 Å². The molecule has 0 unspecified atom stereocenters. The monoisotopic (exact) mass is 283 g/mol. The maximum Gasteiger partial charge on any atom is 0.311 e. The van der Waals surface area contributed by atoms with Gasteiger partial charge in [0, 0.05) is 6.07 Å². The summed E-state index contributed by atoms with van der Waals surface area (Å²) in [6.07, 6.45) is 1.41. The summed E-state index contributed by atoms with van der Waals surface area (Å²) >= 11 is 0. The van der Waals surface area contributed by atoms with E-state index in [-0.39, 0.29) is 11.5 Å². The molecule has 6 nitrogen and oxygen atoms in total. The van der Waals surface area contributed by atoms with E-state index < -0.39 is 16.4 Å². The van der Waals surface area contributed by atoms with Crippen molar-refractivity contribution < 1.29 is 19.6 Å². The summed E-state index contributed by atoms with van der Waals surface area (Å²) in [7, 11) is 0. The van der Waals surface area contributed by atoms with E-state index in [9.17, 15) is 20.0 Å². The molecular formula is C15H9NO5. The van der Waals surface area contributed by atoms with Crippen molar-refractivity contribution in [2.24, 2.45) is 0 Å². The smallest absolute Gasteiger partial charge is 0.311 e. The molecule has 0 amide bonds. The molecule has 2 aromatic rings. The summed E-state index contributed by atoms with van der Waals surface area (Å²) in [6.45, 7) is 0. The topological polar surface area (TPSA) is 89.7 Å². The Kier molecular flexibility index (Phi) is 2.91. The SMILES string of the molecule is O=C1/C(=C/c2ccc(O)c([N+](=O)[O-])c2)Oc2ccccc21. The molecule has 0 bridgehead atoms. The summed E-state index contributed by atoms with van der Waals surface area (Å²) in [5.74, 6) is -0.149. The first kappa shape index (κ1) is 12.9. The Morgan fingerprint density at radius 3 is 2.67 bits per heavy atom. The van der Waals surface area contributed by atoms with Crippen molar-refractivity contribution in [2.75, 3.05) is 0 Å². The first-order valence-electron chi connectivity index (χ1n) is 6.07. The molecule has 6 heteroatoms. The van der Waals surface area contributed by atoms with Crippen molar-refractivity contribution in [1.82, 2.24) is 0 Å². The summed E-state index contributed by atoms with van der Waals surface area (Å²) < 4.78 is 5.43. The van der Waals surface area contributed by atoms with Crippen LogP contribution in [0.15, 0.2) is 48.2 Å². The van der Waals surface area contributed by atoms with E-state index in [4.69, 9.17) is 4.74 Å². The number of hydrogen-bond acceptors (Lipinski definition) is 5. The van der Waals surface area contributed by atoms with Crippen LogP contribution in [0.4, 0.5) is 5.69 Å². The van der Waals surface area contributed by atoms with Crippen LogP contribution in [-0.4, -0.2) is 15.8 Å². The lowest BCUT2D eigenvalue weighted by Crippen LogP contribution is -1.98. The van der Waals surface area contributed by atoms with E-state index in [0.717, 1.165) is 0 Å². The third kappa shape index (κ3) is 2.23. The minimum atomic E-state index is -0.691. The minimum absolute atomic E-state index is 0.0937. The predicted octanol–water partition coefficient (Wildman–Crippen LogP) is 2.92. The maximum absolute atomic E-state index is 12.1. The van der Waals surface area contributed by atoms with Crippen LogP contribution in [0.2, 0.25) is 0 Å². The van der Waals surface area contributed by atoms with Crippen molar-refractivity contribution in [3.8, 4) is 11.5 Å². The van der Waals surface area contributed by atoms with E-state index in [1.165, 1.54) is 24.3 Å². The number of aromatic hydroxyl groups is 1.